The summed E-state index contributed by atoms with van der Waals surface area (Å²) in [4.78, 5) is 24.7. The highest BCUT2D eigenvalue weighted by atomic mass is 16.2. The molecule has 0 saturated carbocycles. The number of aromatic amines is 1. The molecule has 4 N–H and O–H groups in total. The fourth-order valence-electron chi connectivity index (χ4n) is 2.79. The normalized spacial score (nSPS) is 11.9. The number of rotatable bonds is 7. The highest BCUT2D eigenvalue weighted by Gasteiger charge is 2.19. The summed E-state index contributed by atoms with van der Waals surface area (Å²) in [7, 11) is 1.90. The van der Waals surface area contributed by atoms with Crippen LogP contribution in [0.1, 0.15) is 28.5 Å². The number of hydrogen-bond acceptors (Lipinski definition) is 4. The van der Waals surface area contributed by atoms with Crippen molar-refractivity contribution in [1.82, 2.24) is 26.1 Å². The zero-order valence-corrected chi connectivity index (χ0v) is 15.4. The van der Waals surface area contributed by atoms with Gasteiger partial charge in [0.25, 0.3) is 5.91 Å². The lowest BCUT2D eigenvalue weighted by Crippen LogP contribution is -2.44. The first kappa shape index (κ1) is 18.6. The van der Waals surface area contributed by atoms with Crippen molar-refractivity contribution >= 4 is 22.7 Å². The number of aromatic nitrogens is 2. The van der Waals surface area contributed by atoms with Gasteiger partial charge in [-0.1, -0.05) is 42.5 Å². The van der Waals surface area contributed by atoms with Crippen LogP contribution in [0.5, 0.6) is 0 Å². The third kappa shape index (κ3) is 4.51. The summed E-state index contributed by atoms with van der Waals surface area (Å²) in [6.45, 7) is 2.86. The number of nitrogens with one attached hydrogen (secondary N) is 4. The molecular weight excluding hydrogens is 342 g/mol. The van der Waals surface area contributed by atoms with E-state index in [0.717, 1.165) is 23.0 Å². The van der Waals surface area contributed by atoms with E-state index in [9.17, 15) is 9.59 Å². The number of H-pyrrole nitrogens is 1. The Morgan fingerprint density at radius 2 is 1.70 bits per heavy atom. The Morgan fingerprint density at radius 3 is 2.41 bits per heavy atom. The molecule has 3 rings (SSSR count). The molecule has 0 spiro atoms. The number of nitrogens with zero attached hydrogens (tertiary/aromatic N) is 1. The molecule has 1 unspecified atom stereocenters. The lowest BCUT2D eigenvalue weighted by Gasteiger charge is -2.14. The predicted octanol–water partition coefficient (Wildman–Crippen LogP) is 1.72. The number of carbonyl (C=O) groups excluding carboxylic acids is 2. The summed E-state index contributed by atoms with van der Waals surface area (Å²) in [5.74, 6) is -0.631. The average Bonchev–Trinajstić information content (AvgIpc) is 3.11. The monoisotopic (exact) mass is 365 g/mol. The minimum Gasteiger partial charge on any atom is -0.350 e. The van der Waals surface area contributed by atoms with E-state index in [1.54, 1.807) is 6.92 Å². The summed E-state index contributed by atoms with van der Waals surface area (Å²) in [6.07, 6.45) is 0. The molecule has 2 aromatic carbocycles. The molecule has 0 bridgehead atoms. The van der Waals surface area contributed by atoms with Gasteiger partial charge in [0.05, 0.1) is 5.52 Å². The fourth-order valence-corrected chi connectivity index (χ4v) is 2.79. The van der Waals surface area contributed by atoms with Gasteiger partial charge in [-0.2, -0.15) is 5.10 Å². The van der Waals surface area contributed by atoms with Gasteiger partial charge < -0.3 is 16.0 Å². The Kier molecular flexibility index (Phi) is 5.83. The van der Waals surface area contributed by atoms with Gasteiger partial charge in [0.15, 0.2) is 5.69 Å². The number of para-hydroxylation sites is 1. The molecule has 0 fully saturated rings. The van der Waals surface area contributed by atoms with E-state index in [-0.39, 0.29) is 17.5 Å². The lowest BCUT2D eigenvalue weighted by molar-refractivity contribution is -0.122. The van der Waals surface area contributed by atoms with Gasteiger partial charge in [-0.05, 0) is 31.2 Å². The van der Waals surface area contributed by atoms with E-state index < -0.39 is 6.04 Å². The van der Waals surface area contributed by atoms with Gasteiger partial charge in [-0.25, -0.2) is 0 Å². The van der Waals surface area contributed by atoms with Crippen LogP contribution in [0.3, 0.4) is 0 Å². The SMILES string of the molecule is CNCc1ccc(CNC(=O)C(C)NC(=O)c2n[nH]c3ccccc23)cc1. The summed E-state index contributed by atoms with van der Waals surface area (Å²) in [5, 5.41) is 16.2. The number of fused-ring (bicyclic) bond motifs is 1. The van der Waals surface area contributed by atoms with E-state index in [4.69, 9.17) is 0 Å². The van der Waals surface area contributed by atoms with Gasteiger partial charge >= 0.3 is 0 Å². The number of carbonyl (C=O) groups is 2. The molecule has 0 saturated heterocycles. The molecule has 0 aliphatic heterocycles. The molecule has 1 atom stereocenters. The van der Waals surface area contributed by atoms with Gasteiger partial charge in [0, 0.05) is 18.5 Å². The fraction of sp³-hybridized carbons (Fsp3) is 0.250. The quantitative estimate of drug-likeness (QED) is 0.512. The molecule has 1 heterocycles. The molecule has 7 nitrogen and oxygen atoms in total. The topological polar surface area (TPSA) is 98.9 Å². The average molecular weight is 365 g/mol. The second kappa shape index (κ2) is 8.46. The van der Waals surface area contributed by atoms with Crippen LogP contribution in [0, 0.1) is 0 Å². The van der Waals surface area contributed by atoms with Crippen molar-refractivity contribution in [3.05, 3.63) is 65.4 Å². The van der Waals surface area contributed by atoms with Crippen molar-refractivity contribution in [3.8, 4) is 0 Å². The lowest BCUT2D eigenvalue weighted by atomic mass is 10.1. The molecule has 7 heteroatoms. The van der Waals surface area contributed by atoms with Gasteiger partial charge in [-0.15, -0.1) is 0 Å². The van der Waals surface area contributed by atoms with Crippen LogP contribution in [-0.2, 0) is 17.9 Å². The summed E-state index contributed by atoms with van der Waals surface area (Å²) >= 11 is 0. The first-order chi connectivity index (χ1) is 13.1. The molecule has 0 radical (unpaired) electrons. The third-order valence-corrected chi connectivity index (χ3v) is 4.30. The number of hydrogen-bond donors (Lipinski definition) is 4. The second-order valence-corrected chi connectivity index (χ2v) is 6.38. The van der Waals surface area contributed by atoms with Crippen LogP contribution < -0.4 is 16.0 Å². The Morgan fingerprint density at radius 1 is 1.04 bits per heavy atom. The Hall–Kier alpha value is -3.19. The predicted molar refractivity (Wildman–Crippen MR) is 104 cm³/mol. The van der Waals surface area contributed by atoms with Crippen LogP contribution in [0.15, 0.2) is 48.5 Å². The van der Waals surface area contributed by atoms with Crippen molar-refractivity contribution in [3.63, 3.8) is 0 Å². The maximum Gasteiger partial charge on any atom is 0.273 e. The van der Waals surface area contributed by atoms with E-state index in [1.165, 1.54) is 5.56 Å². The third-order valence-electron chi connectivity index (χ3n) is 4.30. The molecule has 0 aliphatic carbocycles. The Labute approximate surface area is 157 Å². The largest absolute Gasteiger partial charge is 0.350 e. The highest BCUT2D eigenvalue weighted by molar-refractivity contribution is 6.05. The summed E-state index contributed by atoms with van der Waals surface area (Å²) in [5.41, 5.74) is 3.24. The van der Waals surface area contributed by atoms with Crippen LogP contribution in [0.2, 0.25) is 0 Å². The first-order valence-corrected chi connectivity index (χ1v) is 8.82. The Balaban J connectivity index is 1.55. The van der Waals surface area contributed by atoms with Crippen LogP contribution in [0.25, 0.3) is 10.9 Å². The van der Waals surface area contributed by atoms with Gasteiger partial charge in [0.2, 0.25) is 5.91 Å². The van der Waals surface area contributed by atoms with E-state index in [0.29, 0.717) is 6.54 Å². The van der Waals surface area contributed by atoms with Crippen molar-refractivity contribution in [2.24, 2.45) is 0 Å². The molecule has 2 amide bonds. The minimum atomic E-state index is -0.670. The Bertz CT molecular complexity index is 933. The van der Waals surface area contributed by atoms with Crippen LogP contribution in [-0.4, -0.2) is 35.1 Å². The molecule has 140 valence electrons. The number of amides is 2. The zero-order chi connectivity index (χ0) is 19.2. The summed E-state index contributed by atoms with van der Waals surface area (Å²) in [6, 6.07) is 14.7. The number of benzene rings is 2. The summed E-state index contributed by atoms with van der Waals surface area (Å²) < 4.78 is 0. The first-order valence-electron chi connectivity index (χ1n) is 8.82. The maximum atomic E-state index is 12.4. The molecule has 1 aromatic heterocycles. The standard InChI is InChI=1S/C20H23N5O2/c1-13(19(26)22-12-15-9-7-14(8-10-15)11-21-2)23-20(27)18-16-5-3-4-6-17(16)24-25-18/h3-10,13,21H,11-12H2,1-2H3,(H,22,26)(H,23,27)(H,24,25). The van der Waals surface area contributed by atoms with E-state index >= 15 is 0 Å². The molecule has 0 aliphatic rings. The van der Waals surface area contributed by atoms with E-state index in [2.05, 4.69) is 26.1 Å². The van der Waals surface area contributed by atoms with Crippen LogP contribution >= 0.6 is 0 Å². The van der Waals surface area contributed by atoms with Gasteiger partial charge in [-0.3, -0.25) is 14.7 Å². The maximum absolute atomic E-state index is 12.4. The minimum absolute atomic E-state index is 0.248. The second-order valence-electron chi connectivity index (χ2n) is 6.38. The van der Waals surface area contributed by atoms with Crippen molar-refractivity contribution in [2.75, 3.05) is 7.05 Å². The van der Waals surface area contributed by atoms with Crippen LogP contribution in [0.4, 0.5) is 0 Å². The van der Waals surface area contributed by atoms with Gasteiger partial charge in [0.1, 0.15) is 6.04 Å². The smallest absolute Gasteiger partial charge is 0.273 e. The molecule has 27 heavy (non-hydrogen) atoms. The van der Waals surface area contributed by atoms with Crippen molar-refractivity contribution in [1.29, 1.82) is 0 Å². The highest BCUT2D eigenvalue weighted by Crippen LogP contribution is 2.14. The molecule has 3 aromatic rings. The van der Waals surface area contributed by atoms with Crippen molar-refractivity contribution in [2.45, 2.75) is 26.1 Å². The van der Waals surface area contributed by atoms with Crippen molar-refractivity contribution < 1.29 is 9.59 Å². The van der Waals surface area contributed by atoms with E-state index in [1.807, 2.05) is 55.6 Å². The molecular formula is C20H23N5O2. The zero-order valence-electron chi connectivity index (χ0n) is 15.4.